The number of carbonyl (C=O) groups is 2. The number of alkyl halides is 7. The van der Waals surface area contributed by atoms with Crippen LogP contribution in [-0.2, 0) is 24.2 Å². The van der Waals surface area contributed by atoms with Crippen LogP contribution in [0, 0.1) is 6.92 Å². The fourth-order valence-corrected chi connectivity index (χ4v) is 4.31. The lowest BCUT2D eigenvalue weighted by Gasteiger charge is -2.28. The van der Waals surface area contributed by atoms with Crippen LogP contribution in [0.3, 0.4) is 0 Å². The highest BCUT2D eigenvalue weighted by Gasteiger charge is 2.76. The van der Waals surface area contributed by atoms with Gasteiger partial charge in [-0.15, -0.1) is 0 Å². The van der Waals surface area contributed by atoms with Crippen molar-refractivity contribution in [3.05, 3.63) is 58.0 Å². The number of nitrogens with zero attached hydrogens (tertiary/aromatic N) is 2. The van der Waals surface area contributed by atoms with E-state index in [1.807, 2.05) is 24.3 Å². The summed E-state index contributed by atoms with van der Waals surface area (Å²) in [6.45, 7) is 2.29. The van der Waals surface area contributed by atoms with E-state index in [2.05, 4.69) is 5.10 Å². The molecule has 2 aliphatic rings. The van der Waals surface area contributed by atoms with Crippen LogP contribution in [0.1, 0.15) is 51.4 Å². The summed E-state index contributed by atoms with van der Waals surface area (Å²) >= 11 is 0. The molecule has 0 unspecified atom stereocenters. The highest BCUT2D eigenvalue weighted by atomic mass is 19.4. The van der Waals surface area contributed by atoms with Crippen molar-refractivity contribution in [3.8, 4) is 0 Å². The number of halogens is 7. The lowest BCUT2D eigenvalue weighted by atomic mass is 9.93. The molecule has 194 valence electrons. The van der Waals surface area contributed by atoms with Gasteiger partial charge in [0.1, 0.15) is 5.76 Å². The molecule has 0 radical (unpaired) electrons. The second-order valence-corrected chi connectivity index (χ2v) is 8.60. The van der Waals surface area contributed by atoms with Crippen LogP contribution in [0.2, 0.25) is 0 Å². The van der Waals surface area contributed by atoms with Crippen molar-refractivity contribution in [2.24, 2.45) is 5.10 Å². The summed E-state index contributed by atoms with van der Waals surface area (Å²) < 4.78 is 96.3. The molecular weight excluding hydrogens is 499 g/mol. The minimum absolute atomic E-state index is 0.0192. The molecule has 1 N–H and O–H groups in total. The number of rotatable bonds is 4. The van der Waals surface area contributed by atoms with E-state index in [-0.39, 0.29) is 29.2 Å². The Labute approximate surface area is 200 Å². The molecule has 1 aromatic heterocycles. The van der Waals surface area contributed by atoms with Gasteiger partial charge in [-0.05, 0) is 37.3 Å². The second kappa shape index (κ2) is 8.93. The Hall–Kier alpha value is -3.38. The van der Waals surface area contributed by atoms with Crippen molar-refractivity contribution < 1.29 is 44.7 Å². The van der Waals surface area contributed by atoms with Gasteiger partial charge in [-0.25, -0.2) is 5.43 Å². The van der Waals surface area contributed by atoms with E-state index in [0.29, 0.717) is 37.9 Å². The van der Waals surface area contributed by atoms with Crippen molar-refractivity contribution in [2.75, 3.05) is 6.54 Å². The fourth-order valence-electron chi connectivity index (χ4n) is 4.31. The van der Waals surface area contributed by atoms with Crippen molar-refractivity contribution >= 4 is 17.5 Å². The van der Waals surface area contributed by atoms with Crippen LogP contribution < -0.4 is 5.43 Å². The van der Waals surface area contributed by atoms with Crippen LogP contribution in [-0.4, -0.2) is 47.0 Å². The van der Waals surface area contributed by atoms with Gasteiger partial charge in [-0.3, -0.25) is 9.59 Å². The fraction of sp³-hybridized carbons (Fsp3) is 0.435. The number of fused-ring (bicyclic) bond motifs is 2. The first kappa shape index (κ1) is 25.7. The average Bonchev–Trinajstić information content (AvgIpc) is 3.17. The first-order chi connectivity index (χ1) is 16.8. The zero-order valence-corrected chi connectivity index (χ0v) is 18.8. The summed E-state index contributed by atoms with van der Waals surface area (Å²) in [7, 11) is 0. The molecule has 0 atom stereocenters. The quantitative estimate of drug-likeness (QED) is 0.467. The Morgan fingerprint density at radius 3 is 2.33 bits per heavy atom. The molecule has 0 saturated carbocycles. The zero-order valence-electron chi connectivity index (χ0n) is 18.8. The molecule has 2 heterocycles. The summed E-state index contributed by atoms with van der Waals surface area (Å²) in [5, 5.41) is 3.41. The van der Waals surface area contributed by atoms with E-state index >= 15 is 0 Å². The van der Waals surface area contributed by atoms with Gasteiger partial charge in [-0.2, -0.15) is 35.8 Å². The van der Waals surface area contributed by atoms with Gasteiger partial charge in [0.15, 0.2) is 5.76 Å². The van der Waals surface area contributed by atoms with Gasteiger partial charge in [0.05, 0.1) is 5.71 Å². The number of hydrazone groups is 1. The van der Waals surface area contributed by atoms with Gasteiger partial charge in [0.25, 0.3) is 5.91 Å². The highest BCUT2D eigenvalue weighted by Crippen LogP contribution is 2.46. The summed E-state index contributed by atoms with van der Waals surface area (Å²) in [6, 6.07) is 7.63. The van der Waals surface area contributed by atoms with Gasteiger partial charge >= 0.3 is 23.9 Å². The number of benzene rings is 1. The summed E-state index contributed by atoms with van der Waals surface area (Å²) in [4.78, 5) is 26.4. The number of hydrogen-bond acceptors (Lipinski definition) is 4. The third kappa shape index (κ3) is 4.24. The van der Waals surface area contributed by atoms with Crippen LogP contribution in [0.15, 0.2) is 33.8 Å². The van der Waals surface area contributed by atoms with E-state index in [1.54, 1.807) is 4.90 Å². The number of aryl methyl sites for hydroxylation is 1. The van der Waals surface area contributed by atoms with E-state index in [0.717, 1.165) is 16.6 Å². The maximum Gasteiger partial charge on any atom is 0.460 e. The first-order valence-electron chi connectivity index (χ1n) is 10.9. The maximum atomic E-state index is 13.6. The third-order valence-corrected chi connectivity index (χ3v) is 6.27. The molecule has 2 amide bonds. The molecule has 0 fully saturated rings. The Morgan fingerprint density at radius 1 is 1.00 bits per heavy atom. The lowest BCUT2D eigenvalue weighted by molar-refractivity contribution is -0.344. The smallest absolute Gasteiger partial charge is 0.455 e. The average molecular weight is 519 g/mol. The topological polar surface area (TPSA) is 74.9 Å². The maximum absolute atomic E-state index is 13.6. The zero-order chi connectivity index (χ0) is 26.5. The number of carbonyl (C=O) groups excluding carboxylic acids is 2. The Morgan fingerprint density at radius 2 is 1.67 bits per heavy atom. The Bertz CT molecular complexity index is 1230. The SMILES string of the molecule is Cc1c(C(=O)N2CCc3ccccc3C2)oc2c1/C(=N/NC(=O)C(F)(F)C(F)(F)C(F)(F)F)CCC2. The van der Waals surface area contributed by atoms with Crippen molar-refractivity contribution in [2.45, 2.75) is 57.2 Å². The number of furan rings is 1. The molecule has 1 aliphatic carbocycles. The van der Waals surface area contributed by atoms with Crippen LogP contribution in [0.25, 0.3) is 0 Å². The minimum atomic E-state index is -6.65. The second-order valence-electron chi connectivity index (χ2n) is 8.60. The number of nitrogens with one attached hydrogen (secondary N) is 1. The van der Waals surface area contributed by atoms with Crippen molar-refractivity contribution in [1.82, 2.24) is 10.3 Å². The van der Waals surface area contributed by atoms with Gasteiger partial charge < -0.3 is 9.32 Å². The highest BCUT2D eigenvalue weighted by molar-refractivity contribution is 6.06. The van der Waals surface area contributed by atoms with Gasteiger partial charge in [0, 0.05) is 30.6 Å². The summed E-state index contributed by atoms with van der Waals surface area (Å²) in [6.07, 6.45) is -5.23. The number of hydrogen-bond donors (Lipinski definition) is 1. The van der Waals surface area contributed by atoms with Crippen LogP contribution in [0.4, 0.5) is 30.7 Å². The van der Waals surface area contributed by atoms with Crippen LogP contribution >= 0.6 is 0 Å². The molecule has 0 saturated heterocycles. The Balaban J connectivity index is 1.57. The standard InChI is InChI=1S/C23H20F7N3O3/c1-12-17-15(31-32-20(35)21(24,25)22(26,27)23(28,29)30)7-4-8-16(17)36-18(12)19(34)33-10-9-13-5-2-3-6-14(13)11-33/h2-3,5-6H,4,7-11H2,1H3,(H,32,35)/b31-15+. The van der Waals surface area contributed by atoms with Crippen molar-refractivity contribution in [3.63, 3.8) is 0 Å². The molecule has 6 nitrogen and oxygen atoms in total. The molecule has 2 aromatic rings. The van der Waals surface area contributed by atoms with E-state index in [9.17, 15) is 40.3 Å². The van der Waals surface area contributed by atoms with E-state index < -0.39 is 29.8 Å². The molecule has 0 bridgehead atoms. The molecule has 36 heavy (non-hydrogen) atoms. The third-order valence-electron chi connectivity index (χ3n) is 6.27. The van der Waals surface area contributed by atoms with E-state index in [1.165, 1.54) is 6.92 Å². The largest absolute Gasteiger partial charge is 0.460 e. The molecular formula is C23H20F7N3O3. The summed E-state index contributed by atoms with van der Waals surface area (Å²) in [5.74, 6) is -15.8. The predicted molar refractivity (Wildman–Crippen MR) is 112 cm³/mol. The first-order valence-corrected chi connectivity index (χ1v) is 10.9. The monoisotopic (exact) mass is 519 g/mol. The van der Waals surface area contributed by atoms with Gasteiger partial charge in [-0.1, -0.05) is 24.3 Å². The van der Waals surface area contributed by atoms with Crippen LogP contribution in [0.5, 0.6) is 0 Å². The summed E-state index contributed by atoms with van der Waals surface area (Å²) in [5.41, 5.74) is 3.69. The number of amides is 2. The van der Waals surface area contributed by atoms with Gasteiger partial charge in [0.2, 0.25) is 0 Å². The normalized spacial score (nSPS) is 17.6. The van der Waals surface area contributed by atoms with E-state index in [4.69, 9.17) is 4.42 Å². The van der Waals surface area contributed by atoms with Crippen molar-refractivity contribution in [1.29, 1.82) is 0 Å². The molecule has 0 spiro atoms. The molecule has 4 rings (SSSR count). The minimum Gasteiger partial charge on any atom is -0.455 e. The molecule has 1 aromatic carbocycles. The molecule has 1 aliphatic heterocycles. The predicted octanol–water partition coefficient (Wildman–Crippen LogP) is 4.78. The Kier molecular flexibility index (Phi) is 6.38. The molecule has 13 heteroatoms. The lowest BCUT2D eigenvalue weighted by Crippen LogP contribution is -2.58.